The highest BCUT2D eigenvalue weighted by molar-refractivity contribution is 6.26. The minimum atomic E-state index is 0.903. The van der Waals surface area contributed by atoms with Crippen LogP contribution in [-0.4, -0.2) is 4.57 Å². The van der Waals surface area contributed by atoms with E-state index in [0.29, 0.717) is 0 Å². The minimum Gasteiger partial charge on any atom is -0.455 e. The fourth-order valence-corrected chi connectivity index (χ4v) is 10.9. The Morgan fingerprint density at radius 1 is 0.313 bits per heavy atom. The van der Waals surface area contributed by atoms with Gasteiger partial charge in [0.1, 0.15) is 11.2 Å². The van der Waals surface area contributed by atoms with Gasteiger partial charge in [0.05, 0.1) is 16.7 Å². The van der Waals surface area contributed by atoms with Gasteiger partial charge >= 0.3 is 0 Å². The van der Waals surface area contributed by atoms with Crippen LogP contribution in [0.5, 0.6) is 0 Å². The molecule has 0 saturated heterocycles. The molecule has 0 saturated carbocycles. The highest BCUT2D eigenvalue weighted by Gasteiger charge is 2.22. The van der Waals surface area contributed by atoms with E-state index in [9.17, 15) is 0 Å². The Labute approximate surface area is 386 Å². The Morgan fingerprint density at radius 3 is 1.63 bits per heavy atom. The minimum absolute atomic E-state index is 0.903. The van der Waals surface area contributed by atoms with Crippen LogP contribution in [0.4, 0.5) is 17.1 Å². The van der Waals surface area contributed by atoms with Gasteiger partial charge in [0.2, 0.25) is 0 Å². The van der Waals surface area contributed by atoms with Crippen molar-refractivity contribution in [3.63, 3.8) is 0 Å². The Kier molecular flexibility index (Phi) is 8.28. The topological polar surface area (TPSA) is 21.3 Å². The summed E-state index contributed by atoms with van der Waals surface area (Å²) in [4.78, 5) is 2.42. The van der Waals surface area contributed by atoms with Gasteiger partial charge in [-0.15, -0.1) is 0 Å². The molecule has 0 aliphatic carbocycles. The molecule has 0 amide bonds. The molecule has 14 rings (SSSR count). The smallest absolute Gasteiger partial charge is 0.143 e. The summed E-state index contributed by atoms with van der Waals surface area (Å²) in [7, 11) is 0. The molecule has 312 valence electrons. The summed E-state index contributed by atoms with van der Waals surface area (Å²) in [6.07, 6.45) is 0. The molecular weight excluding hydrogens is 813 g/mol. The lowest BCUT2D eigenvalue weighted by molar-refractivity contribution is 0.670. The highest BCUT2D eigenvalue weighted by atomic mass is 16.3. The molecule has 0 bridgehead atoms. The molecule has 3 nitrogen and oxygen atoms in total. The van der Waals surface area contributed by atoms with Gasteiger partial charge in [0, 0.05) is 60.3 Å². The second-order valence-corrected chi connectivity index (χ2v) is 17.6. The Balaban J connectivity index is 0.957. The van der Waals surface area contributed by atoms with Gasteiger partial charge in [-0.1, -0.05) is 188 Å². The van der Waals surface area contributed by atoms with E-state index < -0.39 is 0 Å². The molecule has 0 radical (unpaired) electrons. The van der Waals surface area contributed by atoms with Crippen molar-refractivity contribution >= 4 is 104 Å². The van der Waals surface area contributed by atoms with E-state index >= 15 is 0 Å². The maximum atomic E-state index is 6.49. The number of hydrogen-bond donors (Lipinski definition) is 0. The molecule has 0 atom stereocenters. The number of benzene rings is 12. The van der Waals surface area contributed by atoms with Gasteiger partial charge in [0.25, 0.3) is 0 Å². The van der Waals surface area contributed by atoms with E-state index in [4.69, 9.17) is 4.42 Å². The average Bonchev–Trinajstić information content (AvgIpc) is 3.96. The lowest BCUT2D eigenvalue weighted by Crippen LogP contribution is -2.10. The van der Waals surface area contributed by atoms with E-state index in [1.165, 1.54) is 76.0 Å². The highest BCUT2D eigenvalue weighted by Crippen LogP contribution is 2.46. The summed E-state index contributed by atoms with van der Waals surface area (Å²) in [5.74, 6) is 0. The van der Waals surface area contributed by atoms with E-state index in [1.807, 2.05) is 12.1 Å². The van der Waals surface area contributed by atoms with Crippen LogP contribution in [0, 0.1) is 0 Å². The van der Waals surface area contributed by atoms with Crippen LogP contribution in [0.25, 0.3) is 115 Å². The van der Waals surface area contributed by atoms with Crippen molar-refractivity contribution in [2.75, 3.05) is 4.90 Å². The van der Waals surface area contributed by atoms with Crippen LogP contribution in [0.15, 0.2) is 247 Å². The molecule has 14 aromatic rings. The molecule has 0 aliphatic heterocycles. The predicted octanol–water partition coefficient (Wildman–Crippen LogP) is 18.1. The first-order valence-corrected chi connectivity index (χ1v) is 23.0. The number of nitrogens with zero attached hydrogens (tertiary/aromatic N) is 2. The standard InChI is InChI=1S/C64H40N2O/c1-2-17-45(18-3-1)66-62-49-20-7-4-15-41(49)33-38-56(62)59-40-58(52-22-9-11-25-55(52)63(59)66)43-31-36-47(37-32-43)65(60-39-44-16-5-6-19-48(44)51-21-8-10-23-53(51)60)46-34-29-42(30-35-46)50-26-14-27-57-54-24-12-13-28-61(54)67-64(50)57/h1-40H. The largest absolute Gasteiger partial charge is 0.455 e. The van der Waals surface area contributed by atoms with Crippen molar-refractivity contribution in [3.8, 4) is 27.9 Å². The SMILES string of the molecule is c1ccc(-n2c3c4ccccc4ccc3c3cc(-c4ccc(N(c5ccc(-c6cccc7c6oc6ccccc67)cc5)c5cc6ccccc6c6ccccc56)cc4)c4ccccc4c32)cc1. The van der Waals surface area contributed by atoms with E-state index in [-0.39, 0.29) is 0 Å². The lowest BCUT2D eigenvalue weighted by atomic mass is 9.94. The van der Waals surface area contributed by atoms with Crippen molar-refractivity contribution in [2.45, 2.75) is 0 Å². The Morgan fingerprint density at radius 2 is 0.866 bits per heavy atom. The van der Waals surface area contributed by atoms with Crippen LogP contribution in [-0.2, 0) is 0 Å². The van der Waals surface area contributed by atoms with Crippen LogP contribution in [0.1, 0.15) is 0 Å². The van der Waals surface area contributed by atoms with Gasteiger partial charge in [-0.3, -0.25) is 0 Å². The van der Waals surface area contributed by atoms with Crippen molar-refractivity contribution in [2.24, 2.45) is 0 Å². The molecule has 0 aliphatic rings. The lowest BCUT2D eigenvalue weighted by Gasteiger charge is -2.28. The molecular formula is C64H40N2O. The van der Waals surface area contributed by atoms with Gasteiger partial charge in [-0.05, 0) is 98.2 Å². The molecule has 0 fully saturated rings. The summed E-state index contributed by atoms with van der Waals surface area (Å²) in [5, 5.41) is 14.5. The third-order valence-corrected chi connectivity index (χ3v) is 13.9. The zero-order valence-corrected chi connectivity index (χ0v) is 36.4. The molecule has 0 N–H and O–H groups in total. The van der Waals surface area contributed by atoms with Crippen molar-refractivity contribution in [3.05, 3.63) is 243 Å². The van der Waals surface area contributed by atoms with Crippen molar-refractivity contribution in [1.82, 2.24) is 4.57 Å². The third-order valence-electron chi connectivity index (χ3n) is 13.9. The van der Waals surface area contributed by atoms with Gasteiger partial charge in [-0.2, -0.15) is 0 Å². The number of para-hydroxylation sites is 3. The molecule has 3 heteroatoms. The zero-order valence-electron chi connectivity index (χ0n) is 36.4. The molecule has 2 heterocycles. The maximum Gasteiger partial charge on any atom is 0.143 e. The molecule has 0 unspecified atom stereocenters. The van der Waals surface area contributed by atoms with Gasteiger partial charge in [-0.25, -0.2) is 0 Å². The summed E-state index contributed by atoms with van der Waals surface area (Å²) in [5.41, 5.74) is 13.3. The number of fused-ring (bicyclic) bond motifs is 13. The number of aromatic nitrogens is 1. The van der Waals surface area contributed by atoms with E-state index in [0.717, 1.165) is 55.8 Å². The summed E-state index contributed by atoms with van der Waals surface area (Å²) in [6.45, 7) is 0. The Hall–Kier alpha value is -8.92. The number of hydrogen-bond acceptors (Lipinski definition) is 2. The molecule has 0 spiro atoms. The summed E-state index contributed by atoms with van der Waals surface area (Å²) < 4.78 is 8.97. The fraction of sp³-hybridized carbons (Fsp3) is 0. The zero-order chi connectivity index (χ0) is 44.0. The quantitative estimate of drug-likeness (QED) is 0.155. The predicted molar refractivity (Wildman–Crippen MR) is 284 cm³/mol. The molecule has 12 aromatic carbocycles. The monoisotopic (exact) mass is 852 g/mol. The first-order valence-electron chi connectivity index (χ1n) is 23.0. The van der Waals surface area contributed by atoms with Gasteiger partial charge < -0.3 is 13.9 Å². The van der Waals surface area contributed by atoms with E-state index in [1.54, 1.807) is 0 Å². The Bertz CT molecular complexity index is 4260. The average molecular weight is 853 g/mol. The molecule has 2 aromatic heterocycles. The number of anilines is 3. The first kappa shape index (κ1) is 37.5. The first-order chi connectivity index (χ1) is 33.2. The third kappa shape index (κ3) is 5.78. The van der Waals surface area contributed by atoms with Crippen LogP contribution < -0.4 is 4.90 Å². The van der Waals surface area contributed by atoms with Crippen molar-refractivity contribution in [1.29, 1.82) is 0 Å². The summed E-state index contributed by atoms with van der Waals surface area (Å²) >= 11 is 0. The maximum absolute atomic E-state index is 6.49. The van der Waals surface area contributed by atoms with Crippen molar-refractivity contribution < 1.29 is 4.42 Å². The summed E-state index contributed by atoms with van der Waals surface area (Å²) in [6, 6.07) is 88.3. The van der Waals surface area contributed by atoms with E-state index in [2.05, 4.69) is 240 Å². The normalized spacial score (nSPS) is 11.9. The fourth-order valence-electron chi connectivity index (χ4n) is 10.9. The number of furan rings is 1. The van der Waals surface area contributed by atoms with Crippen LogP contribution in [0.3, 0.4) is 0 Å². The second-order valence-electron chi connectivity index (χ2n) is 17.6. The van der Waals surface area contributed by atoms with Crippen LogP contribution in [0.2, 0.25) is 0 Å². The van der Waals surface area contributed by atoms with Crippen LogP contribution >= 0.6 is 0 Å². The number of rotatable bonds is 6. The second kappa shape index (κ2) is 14.8. The molecule has 67 heavy (non-hydrogen) atoms. The van der Waals surface area contributed by atoms with Gasteiger partial charge in [0.15, 0.2) is 0 Å².